The predicted octanol–water partition coefficient (Wildman–Crippen LogP) is 5.11. The molecule has 4 nitrogen and oxygen atoms in total. The van der Waals surface area contributed by atoms with Crippen molar-refractivity contribution in [3.8, 4) is 0 Å². The summed E-state index contributed by atoms with van der Waals surface area (Å²) < 4.78 is 0. The minimum absolute atomic E-state index is 0.111. The van der Waals surface area contributed by atoms with Crippen molar-refractivity contribution in [3.63, 3.8) is 0 Å². The molecule has 0 bridgehead atoms. The number of hydrogen-bond donors (Lipinski definition) is 2. The van der Waals surface area contributed by atoms with Gasteiger partial charge in [0.05, 0.1) is 5.92 Å². The number of carboxylic acids is 2. The average molecular weight is 302 g/mol. The molecule has 0 aromatic heterocycles. The lowest BCUT2D eigenvalue weighted by molar-refractivity contribution is -0.142. The van der Waals surface area contributed by atoms with Crippen molar-refractivity contribution in [2.45, 2.75) is 91.4 Å². The van der Waals surface area contributed by atoms with Crippen molar-refractivity contribution in [3.05, 3.63) is 0 Å². The Bertz CT molecular complexity index is 251. The largest absolute Gasteiger partial charge is 0.481 e. The van der Waals surface area contributed by atoms with Gasteiger partial charge in [-0.05, 0) is 19.3 Å². The zero-order chi connectivity index (χ0) is 16.5. The number of aliphatic carboxylic acids is 2. The Morgan fingerprint density at radius 1 is 0.810 bits per heavy atom. The van der Waals surface area contributed by atoms with Crippen molar-refractivity contribution in [1.82, 2.24) is 0 Å². The Balaban J connectivity index is 0. The van der Waals surface area contributed by atoms with E-state index in [-0.39, 0.29) is 5.92 Å². The van der Waals surface area contributed by atoms with E-state index < -0.39 is 11.9 Å². The number of rotatable bonds is 12. The van der Waals surface area contributed by atoms with Crippen LogP contribution in [0.15, 0.2) is 0 Å². The van der Waals surface area contributed by atoms with Crippen molar-refractivity contribution in [2.24, 2.45) is 5.92 Å². The van der Waals surface area contributed by atoms with E-state index in [1.807, 2.05) is 6.92 Å². The fourth-order valence-electron chi connectivity index (χ4n) is 2.01. The monoisotopic (exact) mass is 302 g/mol. The molecule has 0 aromatic rings. The molecule has 0 amide bonds. The smallest absolute Gasteiger partial charge is 0.306 e. The van der Waals surface area contributed by atoms with Gasteiger partial charge in [0.2, 0.25) is 0 Å². The van der Waals surface area contributed by atoms with Crippen LogP contribution in [0.1, 0.15) is 91.4 Å². The van der Waals surface area contributed by atoms with Gasteiger partial charge in [0.1, 0.15) is 0 Å². The van der Waals surface area contributed by atoms with Gasteiger partial charge in [-0.3, -0.25) is 9.59 Å². The summed E-state index contributed by atoms with van der Waals surface area (Å²) in [6.07, 6.45) is 11.0. The molecular formula is C17H34O4. The third kappa shape index (κ3) is 18.9. The lowest BCUT2D eigenvalue weighted by atomic mass is 10.00. The van der Waals surface area contributed by atoms with Crippen molar-refractivity contribution >= 4 is 11.9 Å². The van der Waals surface area contributed by atoms with E-state index in [9.17, 15) is 9.59 Å². The number of hydrogen-bond acceptors (Lipinski definition) is 2. The van der Waals surface area contributed by atoms with Gasteiger partial charge >= 0.3 is 11.9 Å². The van der Waals surface area contributed by atoms with E-state index in [0.717, 1.165) is 38.5 Å². The molecule has 21 heavy (non-hydrogen) atoms. The van der Waals surface area contributed by atoms with Gasteiger partial charge in [0.15, 0.2) is 0 Å². The molecule has 4 heteroatoms. The summed E-state index contributed by atoms with van der Waals surface area (Å²) in [7, 11) is 0. The van der Waals surface area contributed by atoms with E-state index in [2.05, 4.69) is 13.8 Å². The third-order valence-electron chi connectivity index (χ3n) is 3.49. The van der Waals surface area contributed by atoms with E-state index in [1.54, 1.807) is 0 Å². The van der Waals surface area contributed by atoms with Crippen LogP contribution < -0.4 is 0 Å². The second-order valence-electron chi connectivity index (χ2n) is 5.50. The Labute approximate surface area is 129 Å². The van der Waals surface area contributed by atoms with Crippen LogP contribution in [0.2, 0.25) is 0 Å². The minimum Gasteiger partial charge on any atom is -0.481 e. The first kappa shape index (κ1) is 22.2. The first-order valence-electron chi connectivity index (χ1n) is 8.44. The first-order chi connectivity index (χ1) is 9.99. The lowest BCUT2D eigenvalue weighted by Crippen LogP contribution is -2.11. The quantitative estimate of drug-likeness (QED) is 0.491. The van der Waals surface area contributed by atoms with E-state index >= 15 is 0 Å². The molecule has 0 spiro atoms. The summed E-state index contributed by atoms with van der Waals surface area (Å²) in [5, 5.41) is 16.9. The Morgan fingerprint density at radius 2 is 1.33 bits per heavy atom. The number of carboxylic acid groups (broad SMARTS) is 2. The molecule has 1 unspecified atom stereocenters. The molecule has 0 aromatic carbocycles. The predicted molar refractivity (Wildman–Crippen MR) is 86.6 cm³/mol. The van der Waals surface area contributed by atoms with Crippen LogP contribution in [-0.4, -0.2) is 22.2 Å². The van der Waals surface area contributed by atoms with E-state index in [1.165, 1.54) is 25.7 Å². The van der Waals surface area contributed by atoms with Crippen LogP contribution in [-0.2, 0) is 9.59 Å². The highest BCUT2D eigenvalue weighted by Gasteiger charge is 2.12. The van der Waals surface area contributed by atoms with E-state index in [0.29, 0.717) is 6.42 Å². The first-order valence-corrected chi connectivity index (χ1v) is 8.44. The van der Waals surface area contributed by atoms with E-state index in [4.69, 9.17) is 10.2 Å². The Hall–Kier alpha value is -1.06. The van der Waals surface area contributed by atoms with Gasteiger partial charge < -0.3 is 10.2 Å². The summed E-state index contributed by atoms with van der Waals surface area (Å²) in [4.78, 5) is 20.5. The summed E-state index contributed by atoms with van der Waals surface area (Å²) in [6.45, 7) is 6.18. The minimum atomic E-state index is -0.666. The van der Waals surface area contributed by atoms with Gasteiger partial charge in [-0.1, -0.05) is 65.7 Å². The van der Waals surface area contributed by atoms with Crippen LogP contribution in [0.3, 0.4) is 0 Å². The lowest BCUT2D eigenvalue weighted by Gasteiger charge is -2.06. The molecule has 0 rings (SSSR count). The van der Waals surface area contributed by atoms with Gasteiger partial charge in [-0.2, -0.15) is 0 Å². The molecule has 1 atom stereocenters. The summed E-state index contributed by atoms with van der Waals surface area (Å²) >= 11 is 0. The molecule has 0 radical (unpaired) electrons. The zero-order valence-corrected chi connectivity index (χ0v) is 14.1. The maximum atomic E-state index is 10.4. The van der Waals surface area contributed by atoms with Crippen LogP contribution in [0.5, 0.6) is 0 Å². The van der Waals surface area contributed by atoms with Crippen LogP contribution >= 0.6 is 0 Å². The van der Waals surface area contributed by atoms with Gasteiger partial charge in [0.25, 0.3) is 0 Å². The highest BCUT2D eigenvalue weighted by atomic mass is 16.4. The summed E-state index contributed by atoms with van der Waals surface area (Å²) in [6, 6.07) is 0. The standard InChI is InChI=1S/C9H18O2.C8H16O2/c1-2-3-4-5-6-7-8-9(10)11;1-3-5-6-7(4-2)8(9)10/h2-8H2,1H3,(H,10,11);7H,3-6H2,1-2H3,(H,9,10). The molecule has 2 N–H and O–H groups in total. The fourth-order valence-corrected chi connectivity index (χ4v) is 2.01. The molecule has 0 aliphatic rings. The summed E-state index contributed by atoms with van der Waals surface area (Å²) in [5.74, 6) is -1.42. The van der Waals surface area contributed by atoms with Gasteiger partial charge in [-0.15, -0.1) is 0 Å². The highest BCUT2D eigenvalue weighted by molar-refractivity contribution is 5.69. The van der Waals surface area contributed by atoms with Crippen molar-refractivity contribution in [2.75, 3.05) is 0 Å². The fraction of sp³-hybridized carbons (Fsp3) is 0.882. The average Bonchev–Trinajstić information content (AvgIpc) is 2.43. The van der Waals surface area contributed by atoms with Crippen LogP contribution in [0.4, 0.5) is 0 Å². The third-order valence-corrected chi connectivity index (χ3v) is 3.49. The highest BCUT2D eigenvalue weighted by Crippen LogP contribution is 2.11. The topological polar surface area (TPSA) is 74.6 Å². The second-order valence-corrected chi connectivity index (χ2v) is 5.50. The van der Waals surface area contributed by atoms with Crippen LogP contribution in [0.25, 0.3) is 0 Å². The van der Waals surface area contributed by atoms with Crippen molar-refractivity contribution < 1.29 is 19.8 Å². The second kappa shape index (κ2) is 17.0. The SMILES string of the molecule is CCCCC(CC)C(=O)O.CCCCCCCCC(=O)O. The number of unbranched alkanes of at least 4 members (excludes halogenated alkanes) is 6. The molecule has 0 fully saturated rings. The molecule has 0 saturated heterocycles. The maximum Gasteiger partial charge on any atom is 0.306 e. The molecule has 0 heterocycles. The Kier molecular flexibility index (Phi) is 18.0. The molecule has 126 valence electrons. The zero-order valence-electron chi connectivity index (χ0n) is 14.1. The maximum absolute atomic E-state index is 10.4. The molecule has 0 aliphatic heterocycles. The number of carbonyl (C=O) groups is 2. The van der Waals surface area contributed by atoms with Crippen molar-refractivity contribution in [1.29, 1.82) is 0 Å². The molecule has 0 aliphatic carbocycles. The van der Waals surface area contributed by atoms with Gasteiger partial charge in [0, 0.05) is 6.42 Å². The summed E-state index contributed by atoms with van der Waals surface area (Å²) in [5.41, 5.74) is 0. The molecular weight excluding hydrogens is 268 g/mol. The molecule has 0 saturated carbocycles. The normalized spacial score (nSPS) is 11.4. The van der Waals surface area contributed by atoms with Gasteiger partial charge in [-0.25, -0.2) is 0 Å². The van der Waals surface area contributed by atoms with Crippen LogP contribution in [0, 0.1) is 5.92 Å². The Morgan fingerprint density at radius 3 is 1.76 bits per heavy atom.